The Balaban J connectivity index is 2.11. The monoisotopic (exact) mass is 273 g/mol. The molecule has 0 bridgehead atoms. The van der Waals surface area contributed by atoms with Crippen LogP contribution in [0.15, 0.2) is 18.2 Å². The second-order valence-corrected chi connectivity index (χ2v) is 5.14. The number of hydrogen-bond acceptors (Lipinski definition) is 2. The molecule has 0 radical (unpaired) electrons. The number of ether oxygens (including phenoxy) is 1. The Morgan fingerprint density at radius 2 is 2.11 bits per heavy atom. The third-order valence-corrected chi connectivity index (χ3v) is 2.83. The van der Waals surface area contributed by atoms with Gasteiger partial charge in [-0.05, 0) is 24.5 Å². The van der Waals surface area contributed by atoms with Crippen LogP contribution >= 0.6 is 11.6 Å². The van der Waals surface area contributed by atoms with Gasteiger partial charge in [0.2, 0.25) is 0 Å². The number of nitrogens with one attached hydrogen (secondary N) is 1. The molecule has 0 atom stereocenters. The fraction of sp³-hybridized carbons (Fsp3) is 0.571. The van der Waals surface area contributed by atoms with Gasteiger partial charge in [-0.15, -0.1) is 0 Å². The molecular weight excluding hydrogens is 253 g/mol. The molecule has 1 N–H and O–H groups in total. The van der Waals surface area contributed by atoms with Gasteiger partial charge < -0.3 is 10.1 Å². The Hall–Kier alpha value is -0.640. The maximum absolute atomic E-state index is 13.4. The van der Waals surface area contributed by atoms with Crippen molar-refractivity contribution in [3.63, 3.8) is 0 Å². The lowest BCUT2D eigenvalue weighted by Gasteiger charge is -2.08. The SMILES string of the molecule is CC(C)CCOCCNCc1ccc(Cl)cc1F. The van der Waals surface area contributed by atoms with Gasteiger partial charge in [0.25, 0.3) is 0 Å². The summed E-state index contributed by atoms with van der Waals surface area (Å²) in [6.45, 7) is 7.00. The third-order valence-electron chi connectivity index (χ3n) is 2.59. The van der Waals surface area contributed by atoms with Crippen molar-refractivity contribution in [3.8, 4) is 0 Å². The topological polar surface area (TPSA) is 21.3 Å². The summed E-state index contributed by atoms with van der Waals surface area (Å²) >= 11 is 5.68. The maximum atomic E-state index is 13.4. The molecule has 0 heterocycles. The van der Waals surface area contributed by atoms with Gasteiger partial charge >= 0.3 is 0 Å². The van der Waals surface area contributed by atoms with Crippen LogP contribution in [0.4, 0.5) is 4.39 Å². The first-order valence-corrected chi connectivity index (χ1v) is 6.69. The van der Waals surface area contributed by atoms with Crippen LogP contribution in [0.25, 0.3) is 0 Å². The number of halogens is 2. The molecule has 1 rings (SSSR count). The van der Waals surface area contributed by atoms with E-state index in [0.29, 0.717) is 29.7 Å². The molecule has 0 unspecified atom stereocenters. The summed E-state index contributed by atoms with van der Waals surface area (Å²) in [5.41, 5.74) is 0.626. The summed E-state index contributed by atoms with van der Waals surface area (Å²) in [6.07, 6.45) is 1.08. The zero-order chi connectivity index (χ0) is 13.4. The summed E-state index contributed by atoms with van der Waals surface area (Å²) in [5.74, 6) is 0.400. The third kappa shape index (κ3) is 6.34. The van der Waals surface area contributed by atoms with Crippen LogP contribution in [0, 0.1) is 11.7 Å². The molecule has 0 saturated carbocycles. The predicted molar refractivity (Wildman–Crippen MR) is 73.4 cm³/mol. The molecule has 0 amide bonds. The van der Waals surface area contributed by atoms with E-state index in [1.54, 1.807) is 12.1 Å². The highest BCUT2D eigenvalue weighted by atomic mass is 35.5. The molecule has 0 aliphatic heterocycles. The standard InChI is InChI=1S/C14H21ClFNO/c1-11(2)5-7-18-8-6-17-10-12-3-4-13(15)9-14(12)16/h3-4,9,11,17H,5-8,10H2,1-2H3. The number of benzene rings is 1. The molecule has 4 heteroatoms. The van der Waals surface area contributed by atoms with Crippen molar-refractivity contribution in [2.75, 3.05) is 19.8 Å². The first-order valence-electron chi connectivity index (χ1n) is 6.32. The van der Waals surface area contributed by atoms with Crippen molar-refractivity contribution >= 4 is 11.6 Å². The van der Waals surface area contributed by atoms with Crippen molar-refractivity contribution in [1.82, 2.24) is 5.32 Å². The van der Waals surface area contributed by atoms with Gasteiger partial charge in [-0.25, -0.2) is 4.39 Å². The van der Waals surface area contributed by atoms with Crippen molar-refractivity contribution in [1.29, 1.82) is 0 Å². The first kappa shape index (κ1) is 15.4. The second-order valence-electron chi connectivity index (χ2n) is 4.71. The van der Waals surface area contributed by atoms with Crippen LogP contribution in [0.1, 0.15) is 25.8 Å². The lowest BCUT2D eigenvalue weighted by Crippen LogP contribution is -2.20. The lowest BCUT2D eigenvalue weighted by molar-refractivity contribution is 0.125. The maximum Gasteiger partial charge on any atom is 0.129 e. The quantitative estimate of drug-likeness (QED) is 0.731. The molecule has 18 heavy (non-hydrogen) atoms. The normalized spacial score (nSPS) is 11.2. The van der Waals surface area contributed by atoms with Gasteiger partial charge in [-0.1, -0.05) is 31.5 Å². The van der Waals surface area contributed by atoms with E-state index < -0.39 is 0 Å². The van der Waals surface area contributed by atoms with Gasteiger partial charge in [-0.2, -0.15) is 0 Å². The molecule has 0 aliphatic carbocycles. The zero-order valence-electron chi connectivity index (χ0n) is 11.0. The average Bonchev–Trinajstić information content (AvgIpc) is 2.30. The van der Waals surface area contributed by atoms with Crippen molar-refractivity contribution in [2.45, 2.75) is 26.8 Å². The molecule has 1 aromatic carbocycles. The van der Waals surface area contributed by atoms with Gasteiger partial charge in [0.05, 0.1) is 6.61 Å². The highest BCUT2D eigenvalue weighted by molar-refractivity contribution is 6.30. The van der Waals surface area contributed by atoms with Gasteiger partial charge in [0.15, 0.2) is 0 Å². The van der Waals surface area contributed by atoms with Crippen LogP contribution in [0.5, 0.6) is 0 Å². The van der Waals surface area contributed by atoms with Crippen LogP contribution in [0.3, 0.4) is 0 Å². The van der Waals surface area contributed by atoms with Crippen LogP contribution in [0.2, 0.25) is 5.02 Å². The Morgan fingerprint density at radius 3 is 2.78 bits per heavy atom. The molecule has 0 fully saturated rings. The lowest BCUT2D eigenvalue weighted by atomic mass is 10.1. The Morgan fingerprint density at radius 1 is 1.33 bits per heavy atom. The molecule has 0 aromatic heterocycles. The zero-order valence-corrected chi connectivity index (χ0v) is 11.8. The second kappa shape index (κ2) is 8.46. The van der Waals surface area contributed by atoms with E-state index in [2.05, 4.69) is 19.2 Å². The summed E-state index contributed by atoms with van der Waals surface area (Å²) in [7, 11) is 0. The van der Waals surface area contributed by atoms with Crippen LogP contribution in [-0.2, 0) is 11.3 Å². The van der Waals surface area contributed by atoms with E-state index in [4.69, 9.17) is 16.3 Å². The summed E-state index contributed by atoms with van der Waals surface area (Å²) in [6, 6.07) is 4.72. The number of hydrogen-bond donors (Lipinski definition) is 1. The Labute approximate surface area is 113 Å². The van der Waals surface area contributed by atoms with E-state index >= 15 is 0 Å². The largest absolute Gasteiger partial charge is 0.380 e. The highest BCUT2D eigenvalue weighted by Gasteiger charge is 2.02. The summed E-state index contributed by atoms with van der Waals surface area (Å²) in [4.78, 5) is 0. The molecule has 1 aromatic rings. The van der Waals surface area contributed by atoms with Crippen molar-refractivity contribution in [2.24, 2.45) is 5.92 Å². The molecule has 0 saturated heterocycles. The van der Waals surface area contributed by atoms with Gasteiger partial charge in [0.1, 0.15) is 5.82 Å². The Kier molecular flexibility index (Phi) is 7.25. The molecule has 0 spiro atoms. The average molecular weight is 274 g/mol. The van der Waals surface area contributed by atoms with E-state index in [9.17, 15) is 4.39 Å². The predicted octanol–water partition coefficient (Wildman–Crippen LogP) is 3.63. The fourth-order valence-corrected chi connectivity index (χ4v) is 1.61. The molecule has 102 valence electrons. The Bertz CT molecular complexity index is 358. The van der Waals surface area contributed by atoms with Crippen LogP contribution in [-0.4, -0.2) is 19.8 Å². The first-order chi connectivity index (χ1) is 8.59. The van der Waals surface area contributed by atoms with Crippen molar-refractivity contribution < 1.29 is 9.13 Å². The minimum Gasteiger partial charge on any atom is -0.380 e. The van der Waals surface area contributed by atoms with E-state index in [1.165, 1.54) is 6.07 Å². The minimum absolute atomic E-state index is 0.268. The number of rotatable bonds is 8. The van der Waals surface area contributed by atoms with Crippen molar-refractivity contribution in [3.05, 3.63) is 34.6 Å². The van der Waals surface area contributed by atoms with E-state index in [0.717, 1.165) is 19.6 Å². The summed E-state index contributed by atoms with van der Waals surface area (Å²) < 4.78 is 18.9. The van der Waals surface area contributed by atoms with E-state index in [-0.39, 0.29) is 5.82 Å². The minimum atomic E-state index is -0.268. The smallest absolute Gasteiger partial charge is 0.129 e. The van der Waals surface area contributed by atoms with Crippen LogP contribution < -0.4 is 5.32 Å². The highest BCUT2D eigenvalue weighted by Crippen LogP contribution is 2.14. The van der Waals surface area contributed by atoms with Gasteiger partial charge in [-0.3, -0.25) is 0 Å². The molecule has 0 aliphatic rings. The van der Waals surface area contributed by atoms with Gasteiger partial charge in [0, 0.05) is 30.3 Å². The molecular formula is C14H21ClFNO. The van der Waals surface area contributed by atoms with E-state index in [1.807, 2.05) is 0 Å². The fourth-order valence-electron chi connectivity index (χ4n) is 1.45. The molecule has 2 nitrogen and oxygen atoms in total. The summed E-state index contributed by atoms with van der Waals surface area (Å²) in [5, 5.41) is 3.57.